The first-order valence-electron chi connectivity index (χ1n) is 3.32. The fourth-order valence-corrected chi connectivity index (χ4v) is 3.24. The maximum absolute atomic E-state index is 4.52. The van der Waals surface area contributed by atoms with E-state index in [9.17, 15) is 0 Å². The van der Waals surface area contributed by atoms with Gasteiger partial charge in [-0.2, -0.15) is 0 Å². The molecule has 1 atom stereocenters. The molecule has 2 aliphatic heterocycles. The van der Waals surface area contributed by atoms with Gasteiger partial charge in [0.15, 0.2) is 5.17 Å². The van der Waals surface area contributed by atoms with Crippen molar-refractivity contribution >= 4 is 33.2 Å². The Bertz CT molecular complexity index is 159. The lowest BCUT2D eigenvalue weighted by Crippen LogP contribution is -2.24. The number of fused-ring (bicyclic) bond motifs is 1. The first kappa shape index (κ1) is 6.09. The summed E-state index contributed by atoms with van der Waals surface area (Å²) in [6.07, 6.45) is 0. The second-order valence-electron chi connectivity index (χ2n) is 2.56. The molecule has 2 nitrogen and oxygen atoms in total. The zero-order chi connectivity index (χ0) is 6.27. The van der Waals surface area contributed by atoms with Crippen LogP contribution in [0.15, 0.2) is 4.99 Å². The highest BCUT2D eigenvalue weighted by molar-refractivity contribution is 8.14. The maximum atomic E-state index is 4.52. The first-order chi connectivity index (χ1) is 4.36. The molecule has 2 aliphatic rings. The molecule has 0 spiro atoms. The summed E-state index contributed by atoms with van der Waals surface area (Å²) >= 11 is 3.14. The third-order valence-electron chi connectivity index (χ3n) is 1.68. The summed E-state index contributed by atoms with van der Waals surface area (Å²) in [7, 11) is 0. The minimum Gasteiger partial charge on any atom is -0.350 e. The van der Waals surface area contributed by atoms with Crippen LogP contribution < -0.4 is 0 Å². The first-order valence-corrected chi connectivity index (χ1v) is 5.46. The molecule has 0 amide bonds. The smallest absolute Gasteiger partial charge is 0.254 e. The Morgan fingerprint density at radius 3 is 3.44 bits per heavy atom. The lowest BCUT2D eigenvalue weighted by molar-refractivity contribution is 0.493. The van der Waals surface area contributed by atoms with Gasteiger partial charge in [-0.3, -0.25) is 4.99 Å². The number of hydrogen-bond donors (Lipinski definition) is 0. The highest BCUT2D eigenvalue weighted by Gasteiger charge is 2.26. The molecule has 0 aromatic rings. The molecule has 2 rings (SSSR count). The predicted molar refractivity (Wildman–Crippen MR) is 43.8 cm³/mol. The molecule has 0 unspecified atom stereocenters. The van der Waals surface area contributed by atoms with Crippen molar-refractivity contribution in [2.75, 3.05) is 18.8 Å². The molecule has 1 saturated heterocycles. The summed E-state index contributed by atoms with van der Waals surface area (Å²) in [6.45, 7) is 2.46. The van der Waals surface area contributed by atoms with Gasteiger partial charge in [0.05, 0.1) is 0 Å². The SMILES string of the molecule is [AlH2][C@H]1CN2CCSC2=N1. The van der Waals surface area contributed by atoms with Crippen LogP contribution in [0.2, 0.25) is 0 Å². The highest BCUT2D eigenvalue weighted by Crippen LogP contribution is 2.22. The van der Waals surface area contributed by atoms with E-state index < -0.39 is 0 Å². The van der Waals surface area contributed by atoms with Crippen molar-refractivity contribution in [3.63, 3.8) is 0 Å². The largest absolute Gasteiger partial charge is 0.350 e. The summed E-state index contributed by atoms with van der Waals surface area (Å²) in [5, 5.41) is 1.31. The fourth-order valence-electron chi connectivity index (χ4n) is 1.27. The van der Waals surface area contributed by atoms with Crippen molar-refractivity contribution in [2.24, 2.45) is 4.99 Å². The zero-order valence-corrected chi connectivity index (χ0v) is 8.32. The van der Waals surface area contributed by atoms with Crippen LogP contribution in [-0.4, -0.2) is 50.1 Å². The molecular weight excluding hydrogens is 147 g/mol. The summed E-state index contributed by atoms with van der Waals surface area (Å²) in [4.78, 5) is 7.61. The lowest BCUT2D eigenvalue weighted by Gasteiger charge is -2.09. The predicted octanol–water partition coefficient (Wildman–Crippen LogP) is -0.636. The van der Waals surface area contributed by atoms with Crippen molar-refractivity contribution in [1.29, 1.82) is 0 Å². The monoisotopic (exact) mass is 156 g/mol. The van der Waals surface area contributed by atoms with E-state index in [1.807, 2.05) is 11.8 Å². The minimum absolute atomic E-state index is 0.688. The van der Waals surface area contributed by atoms with Gasteiger partial charge < -0.3 is 4.90 Å². The number of amidine groups is 1. The average Bonchev–Trinajstić information content (AvgIpc) is 2.22. The van der Waals surface area contributed by atoms with Crippen molar-refractivity contribution in [1.82, 2.24) is 4.90 Å². The lowest BCUT2D eigenvalue weighted by atomic mass is 10.6. The molecule has 0 aromatic carbocycles. The third kappa shape index (κ3) is 1.00. The molecule has 2 heterocycles. The number of nitrogens with zero attached hydrogens (tertiary/aromatic N) is 2. The Hall–Kier alpha value is 0.352. The average molecular weight is 156 g/mol. The molecule has 4 heteroatoms. The molecule has 48 valence electrons. The Morgan fingerprint density at radius 1 is 1.78 bits per heavy atom. The van der Waals surface area contributed by atoms with Gasteiger partial charge in [0.2, 0.25) is 0 Å². The Morgan fingerprint density at radius 2 is 2.67 bits per heavy atom. The second-order valence-corrected chi connectivity index (χ2v) is 4.95. The summed E-state index contributed by atoms with van der Waals surface area (Å²) in [5.41, 5.74) is 0. The van der Waals surface area contributed by atoms with E-state index in [-0.39, 0.29) is 0 Å². The van der Waals surface area contributed by atoms with Crippen LogP contribution in [0.5, 0.6) is 0 Å². The van der Waals surface area contributed by atoms with Crippen molar-refractivity contribution in [2.45, 2.75) is 4.90 Å². The molecule has 0 bridgehead atoms. The molecular formula is C5H9AlN2S. The van der Waals surface area contributed by atoms with Gasteiger partial charge in [0.25, 0.3) is 16.3 Å². The van der Waals surface area contributed by atoms with Crippen LogP contribution in [0.25, 0.3) is 0 Å². The van der Waals surface area contributed by atoms with Crippen molar-refractivity contribution in [3.8, 4) is 0 Å². The molecule has 0 aliphatic carbocycles. The standard InChI is InChI=1S/C5H7N2S.Al.2H/c1-2-7-3-4-8-5(7)6-1;;;/h1H,2-4H2;;;. The second kappa shape index (κ2) is 2.19. The van der Waals surface area contributed by atoms with E-state index in [1.54, 1.807) is 0 Å². The van der Waals surface area contributed by atoms with E-state index >= 15 is 0 Å². The van der Waals surface area contributed by atoms with Crippen LogP contribution in [-0.2, 0) is 0 Å². The van der Waals surface area contributed by atoms with Crippen LogP contribution in [0, 0.1) is 0 Å². The van der Waals surface area contributed by atoms with Gasteiger partial charge in [-0.1, -0.05) is 11.8 Å². The van der Waals surface area contributed by atoms with Gasteiger partial charge in [-0.05, 0) is 0 Å². The van der Waals surface area contributed by atoms with E-state index in [0.29, 0.717) is 4.90 Å². The van der Waals surface area contributed by atoms with Gasteiger partial charge in [-0.15, -0.1) is 0 Å². The number of thioether (sulfide) groups is 1. The zero-order valence-electron chi connectivity index (χ0n) is 5.50. The Balaban J connectivity index is 2.18. The number of rotatable bonds is 0. The minimum atomic E-state index is 0.688. The third-order valence-corrected chi connectivity index (χ3v) is 3.31. The van der Waals surface area contributed by atoms with Crippen LogP contribution in [0.1, 0.15) is 0 Å². The fraction of sp³-hybridized carbons (Fsp3) is 0.800. The molecule has 9 heavy (non-hydrogen) atoms. The summed E-state index contributed by atoms with van der Waals surface area (Å²) in [6, 6.07) is 0. The maximum Gasteiger partial charge on any atom is 0.254 e. The van der Waals surface area contributed by atoms with E-state index in [2.05, 4.69) is 9.89 Å². The van der Waals surface area contributed by atoms with Gasteiger partial charge in [-0.25, -0.2) is 0 Å². The topological polar surface area (TPSA) is 15.6 Å². The quantitative estimate of drug-likeness (QED) is 0.434. The van der Waals surface area contributed by atoms with Crippen LogP contribution in [0.3, 0.4) is 0 Å². The number of aliphatic imine (C=N–C) groups is 1. The van der Waals surface area contributed by atoms with Gasteiger partial charge in [0, 0.05) is 23.7 Å². The molecule has 0 saturated carbocycles. The molecule has 1 fully saturated rings. The van der Waals surface area contributed by atoms with Gasteiger partial charge >= 0.3 is 0 Å². The number of hydrogen-bond acceptors (Lipinski definition) is 3. The molecule has 0 aromatic heterocycles. The summed E-state index contributed by atoms with van der Waals surface area (Å²) < 4.78 is 0. The molecule has 0 radical (unpaired) electrons. The highest BCUT2D eigenvalue weighted by atomic mass is 32.2. The van der Waals surface area contributed by atoms with E-state index in [4.69, 9.17) is 0 Å². The van der Waals surface area contributed by atoms with Crippen molar-refractivity contribution in [3.05, 3.63) is 0 Å². The Labute approximate surface area is 67.1 Å². The summed E-state index contributed by atoms with van der Waals surface area (Å²) in [5.74, 6) is 1.26. The Kier molecular flexibility index (Phi) is 1.48. The van der Waals surface area contributed by atoms with Crippen LogP contribution >= 0.6 is 11.8 Å². The van der Waals surface area contributed by atoms with E-state index in [1.165, 1.54) is 40.3 Å². The van der Waals surface area contributed by atoms with Crippen LogP contribution in [0.4, 0.5) is 0 Å². The van der Waals surface area contributed by atoms with Crippen molar-refractivity contribution < 1.29 is 0 Å². The van der Waals surface area contributed by atoms with Gasteiger partial charge in [0.1, 0.15) is 0 Å². The molecule has 0 N–H and O–H groups in total. The normalized spacial score (nSPS) is 32.7. The van der Waals surface area contributed by atoms with E-state index in [0.717, 1.165) is 0 Å².